The van der Waals surface area contributed by atoms with Crippen LogP contribution in [0.2, 0.25) is 0 Å². The van der Waals surface area contributed by atoms with Gasteiger partial charge in [-0.2, -0.15) is 0 Å². The fraction of sp³-hybridized carbons (Fsp3) is 0.785. The second kappa shape index (κ2) is 65.3. The Morgan fingerprint density at radius 1 is 0.312 bits per heavy atom. The van der Waals surface area contributed by atoms with E-state index in [4.69, 9.17) is 71.1 Å². The normalized spacial score (nSPS) is 22.2. The number of unbranched alkanes of at least 4 members (excludes halogenated alkanes) is 9. The standard InChI is InChI=1S/C93H150N10O35/c1-56(2)70(116)31-30-38-80(123)103-46-39-69(40-47-103)93(54-98-78(121)33-19-16-25-43-95-75(118)36-22-28-49-125-91-82(101-58(4)105)88(134-67(13)114)85(131-64(10)111)72(137-91)52-128-61(7)108,55-99-79(122)34-20-17-26-44-96-76(119)37-23-29-50-126-92-83(102-59(5)106)89(135-68(14)115)86(132-65(11)112)73(138-92)53-129-62(8)109)41-45-97-77(120)32-18-15-24-42-94-74(117)35-21-27-48-124-90-81(100-57(3)104)87(133-66(12)113)84(130-63(9)110)71(136-90)51-127-60(6)107/h56,69,71-73,81-92H,15-55H2,1-14H3,(H,94,117)(H,95,118)(H,96,119)(H,97,120)(H,98,121)(H,99,122)(H,100,104)(H,101,105)(H,102,106). The summed E-state index contributed by atoms with van der Waals surface area (Å²) in [5.74, 6) is -10.1. The topological polar surface area (TPSA) is 591 Å². The molecule has 0 saturated carbocycles. The first-order valence-corrected chi connectivity index (χ1v) is 47.9. The van der Waals surface area contributed by atoms with Crippen molar-refractivity contribution >= 4 is 119 Å². The van der Waals surface area contributed by atoms with Gasteiger partial charge in [0.05, 0.1) is 0 Å². The van der Waals surface area contributed by atoms with Crippen molar-refractivity contribution in [3.8, 4) is 0 Å². The molecule has 4 aliphatic rings. The molecule has 4 fully saturated rings. The molecule has 9 N–H and O–H groups in total. The maximum absolute atomic E-state index is 14.1. The van der Waals surface area contributed by atoms with Crippen LogP contribution in [0, 0.1) is 17.3 Å². The third-order valence-corrected chi connectivity index (χ3v) is 23.1. The van der Waals surface area contributed by atoms with Crippen LogP contribution in [0.5, 0.6) is 0 Å². The van der Waals surface area contributed by atoms with Gasteiger partial charge in [0.1, 0.15) is 62.0 Å². The van der Waals surface area contributed by atoms with E-state index in [0.717, 1.165) is 55.4 Å². The van der Waals surface area contributed by atoms with Crippen LogP contribution in [0.15, 0.2) is 0 Å². The number of Topliss-reactive ketones (excluding diaryl/α,β-unsaturated/α-hetero) is 1. The Morgan fingerprint density at radius 2 is 0.587 bits per heavy atom. The number of carbonyl (C=O) groups excluding carboxylic acids is 20. The molecule has 0 bridgehead atoms. The summed E-state index contributed by atoms with van der Waals surface area (Å²) in [4.78, 5) is 255. The molecule has 0 radical (unpaired) electrons. The van der Waals surface area contributed by atoms with E-state index in [2.05, 4.69) is 47.9 Å². The number of hydrogen-bond acceptors (Lipinski definition) is 35. The zero-order valence-electron chi connectivity index (χ0n) is 82.5. The Labute approximate surface area is 806 Å². The molecule has 4 heterocycles. The minimum atomic E-state index is -1.31. The van der Waals surface area contributed by atoms with Crippen LogP contribution in [0.4, 0.5) is 0 Å². The second-order valence-electron chi connectivity index (χ2n) is 35.3. The number of hydrogen-bond donors (Lipinski definition) is 9. The lowest BCUT2D eigenvalue weighted by atomic mass is 9.68. The number of carbonyl (C=O) groups is 20. The van der Waals surface area contributed by atoms with Gasteiger partial charge in [0.2, 0.25) is 59.1 Å². The van der Waals surface area contributed by atoms with Crippen molar-refractivity contribution < 1.29 is 167 Å². The van der Waals surface area contributed by atoms with Gasteiger partial charge < -0.3 is 124 Å². The van der Waals surface area contributed by atoms with Gasteiger partial charge in [-0.1, -0.05) is 33.1 Å². The van der Waals surface area contributed by atoms with Crippen LogP contribution in [0.1, 0.15) is 270 Å². The quantitative estimate of drug-likeness (QED) is 0.0240. The van der Waals surface area contributed by atoms with E-state index in [1.165, 1.54) is 27.7 Å². The van der Waals surface area contributed by atoms with Crippen molar-refractivity contribution in [2.45, 2.75) is 362 Å². The Hall–Kier alpha value is -10.6. The predicted octanol–water partition coefficient (Wildman–Crippen LogP) is 2.90. The predicted molar refractivity (Wildman–Crippen MR) is 485 cm³/mol. The highest BCUT2D eigenvalue weighted by molar-refractivity contribution is 5.83. The monoisotopic (exact) mass is 1970 g/mol. The average molecular weight is 1970 g/mol. The number of rotatable bonds is 64. The number of piperidine rings is 1. The molecule has 0 spiro atoms. The molecule has 0 aromatic carbocycles. The van der Waals surface area contributed by atoms with Gasteiger partial charge in [0.15, 0.2) is 55.5 Å². The number of nitrogens with one attached hydrogen (secondary N) is 9. The van der Waals surface area contributed by atoms with Crippen LogP contribution in [-0.2, 0) is 167 Å². The number of esters is 9. The van der Waals surface area contributed by atoms with E-state index < -0.39 is 189 Å². The first-order valence-electron chi connectivity index (χ1n) is 47.9. The molecule has 45 nitrogen and oxygen atoms in total. The molecule has 0 aromatic rings. The minimum Gasteiger partial charge on any atom is -0.463 e. The highest BCUT2D eigenvalue weighted by Gasteiger charge is 2.55. The van der Waals surface area contributed by atoms with E-state index in [1.807, 2.05) is 13.8 Å². The van der Waals surface area contributed by atoms with Crippen LogP contribution in [-0.4, -0.2) is 307 Å². The highest BCUT2D eigenvalue weighted by atomic mass is 16.7. The van der Waals surface area contributed by atoms with Crippen LogP contribution in [0.3, 0.4) is 0 Å². The maximum atomic E-state index is 14.1. The fourth-order valence-corrected chi connectivity index (χ4v) is 16.4. The van der Waals surface area contributed by atoms with Gasteiger partial charge in [-0.05, 0) is 109 Å². The van der Waals surface area contributed by atoms with Crippen LogP contribution in [0.25, 0.3) is 0 Å². The fourth-order valence-electron chi connectivity index (χ4n) is 16.4. The lowest BCUT2D eigenvalue weighted by Gasteiger charge is -2.45. The number of ether oxygens (including phenoxy) is 15. The first kappa shape index (κ1) is 120. The molecule has 4 rings (SSSR count). The van der Waals surface area contributed by atoms with Gasteiger partial charge in [-0.3, -0.25) is 95.9 Å². The summed E-state index contributed by atoms with van der Waals surface area (Å²) >= 11 is 0. The van der Waals surface area contributed by atoms with E-state index in [-0.39, 0.29) is 150 Å². The number of nitrogens with zero attached hydrogens (tertiary/aromatic N) is 1. The second-order valence-corrected chi connectivity index (χ2v) is 35.3. The first-order chi connectivity index (χ1) is 65.5. The van der Waals surface area contributed by atoms with Crippen molar-refractivity contribution in [1.82, 2.24) is 52.8 Å². The summed E-state index contributed by atoms with van der Waals surface area (Å²) in [7, 11) is 0. The molecule has 0 aromatic heterocycles. The Bertz CT molecular complexity index is 3820. The van der Waals surface area contributed by atoms with Gasteiger partial charge in [0.25, 0.3) is 0 Å². The molecule has 782 valence electrons. The van der Waals surface area contributed by atoms with Crippen LogP contribution < -0.4 is 47.9 Å². The van der Waals surface area contributed by atoms with E-state index in [1.54, 1.807) is 4.90 Å². The van der Waals surface area contributed by atoms with Crippen molar-refractivity contribution in [2.24, 2.45) is 17.3 Å². The molecule has 4 saturated heterocycles. The molecule has 4 aliphatic heterocycles. The van der Waals surface area contributed by atoms with Crippen molar-refractivity contribution in [1.29, 1.82) is 0 Å². The third-order valence-electron chi connectivity index (χ3n) is 23.1. The van der Waals surface area contributed by atoms with Gasteiger partial charge in [0, 0.05) is 218 Å². The number of likely N-dealkylation sites (tertiary alicyclic amines) is 1. The van der Waals surface area contributed by atoms with Crippen molar-refractivity contribution in [2.75, 3.05) is 92.0 Å². The lowest BCUT2D eigenvalue weighted by Crippen LogP contribution is -2.66. The summed E-state index contributed by atoms with van der Waals surface area (Å²) in [5, 5.41) is 26.0. The van der Waals surface area contributed by atoms with Gasteiger partial charge >= 0.3 is 53.7 Å². The molecule has 138 heavy (non-hydrogen) atoms. The Balaban J connectivity index is 1.40. The summed E-state index contributed by atoms with van der Waals surface area (Å²) in [6.45, 7) is 18.3. The zero-order chi connectivity index (χ0) is 102. The average Bonchev–Trinajstić information content (AvgIpc) is 0.792. The zero-order valence-corrected chi connectivity index (χ0v) is 82.5. The SMILES string of the molecule is CC(=O)NC1C(OCCCCC(=O)NCCCCCC(=O)NCCC(CNC(=O)CCCCCNC(=O)CCCCOC2OC(COC(C)=O)C(OC(C)=O)C(OC(C)=O)C2NC(C)=O)(CNC(=O)CCCCCNC(=O)CCCCOC2OC(COC(C)=O)C(OC(C)=O)C(OC(C)=O)C2NC(C)=O)C2CCN(C(=O)CCCC(=O)C(C)C)CC2)OC(COC(C)=O)C(OC(C)=O)C1OC(C)=O. The molecule has 45 heteroatoms. The smallest absolute Gasteiger partial charge is 0.303 e. The van der Waals surface area contributed by atoms with E-state index in [0.29, 0.717) is 155 Å². The Kier molecular flexibility index (Phi) is 56.6. The lowest BCUT2D eigenvalue weighted by molar-refractivity contribution is -0.277. The third kappa shape index (κ3) is 48.3. The highest BCUT2D eigenvalue weighted by Crippen LogP contribution is 2.39. The van der Waals surface area contributed by atoms with Gasteiger partial charge in [-0.25, -0.2) is 0 Å². The summed E-state index contributed by atoms with van der Waals surface area (Å²) < 4.78 is 84.6. The minimum absolute atomic E-state index is 0.00671. The molecule has 10 amide bonds. The van der Waals surface area contributed by atoms with Crippen molar-refractivity contribution in [3.05, 3.63) is 0 Å². The largest absolute Gasteiger partial charge is 0.463 e. The summed E-state index contributed by atoms with van der Waals surface area (Å²) in [5.41, 5.74) is -0.877. The number of ketones is 1. The van der Waals surface area contributed by atoms with E-state index >= 15 is 0 Å². The summed E-state index contributed by atoms with van der Waals surface area (Å²) in [6.07, 6.45) is -5.52. The molecular weight excluding hydrogens is 1820 g/mol. The van der Waals surface area contributed by atoms with E-state index in [9.17, 15) is 95.9 Å². The summed E-state index contributed by atoms with van der Waals surface area (Å²) in [6, 6.07) is -3.48. The van der Waals surface area contributed by atoms with Crippen molar-refractivity contribution in [3.63, 3.8) is 0 Å². The molecule has 15 atom stereocenters. The molecular formula is C93H150N10O35. The number of amides is 10. The molecule has 0 aliphatic carbocycles. The van der Waals surface area contributed by atoms with Gasteiger partial charge in [-0.15, -0.1) is 0 Å². The molecule has 15 unspecified atom stereocenters. The Morgan fingerprint density at radius 3 is 0.862 bits per heavy atom. The van der Waals surface area contributed by atoms with Crippen LogP contribution >= 0.6 is 0 Å². The maximum Gasteiger partial charge on any atom is 0.303 e.